The molecule has 1 aromatic heterocycles. The second-order valence-corrected chi connectivity index (χ2v) is 13.5. The summed E-state index contributed by atoms with van der Waals surface area (Å²) in [5.74, 6) is 1.52. The lowest BCUT2D eigenvalue weighted by molar-refractivity contribution is -0.390. The van der Waals surface area contributed by atoms with E-state index in [0.29, 0.717) is 40.5 Å². The van der Waals surface area contributed by atoms with Crippen molar-refractivity contribution < 1.29 is 19.6 Å². The summed E-state index contributed by atoms with van der Waals surface area (Å²) in [4.78, 5) is 25.4. The number of nitro groups is 1. The number of hydrogen-bond donors (Lipinski definition) is 1. The number of methoxy groups -OCH3 is 1. The number of halogens is 1. The second kappa shape index (κ2) is 9.93. The number of amides is 1. The van der Waals surface area contributed by atoms with Crippen LogP contribution >= 0.6 is 15.9 Å². The van der Waals surface area contributed by atoms with E-state index in [0.717, 1.165) is 49.8 Å². The number of phenolic OH excluding ortho intramolecular Hbond substituents is 1. The normalized spacial score (nSPS) is 29.5. The van der Waals surface area contributed by atoms with Gasteiger partial charge in [-0.25, -0.2) is 5.01 Å². The number of aromatic nitrogens is 2. The van der Waals surface area contributed by atoms with Crippen LogP contribution in [0.2, 0.25) is 0 Å². The molecule has 1 N–H and O–H groups in total. The van der Waals surface area contributed by atoms with Gasteiger partial charge in [0.1, 0.15) is 16.0 Å². The maximum absolute atomic E-state index is 14.3. The summed E-state index contributed by atoms with van der Waals surface area (Å²) >= 11 is 3.34. The van der Waals surface area contributed by atoms with Gasteiger partial charge in [0.15, 0.2) is 0 Å². The van der Waals surface area contributed by atoms with Crippen molar-refractivity contribution >= 4 is 33.4 Å². The zero-order valence-electron chi connectivity index (χ0n) is 23.3. The SMILES string of the molecule is COc1cccc(C2=NN(C(=O)CC34C[C@H]5C[C@@H](C3)CC(n3cc(Br)c([N+](=O)[O-])n3)(C5)C4)[C@H](c3ccccc3O)C2)c1. The third-order valence-electron chi connectivity index (χ3n) is 9.85. The van der Waals surface area contributed by atoms with Crippen molar-refractivity contribution in [1.29, 1.82) is 0 Å². The van der Waals surface area contributed by atoms with Crippen LogP contribution in [0.4, 0.5) is 5.82 Å². The molecule has 2 unspecified atom stereocenters. The number of nitrogens with zero attached hydrogens (tertiary/aromatic N) is 5. The van der Waals surface area contributed by atoms with Gasteiger partial charge in [-0.15, -0.1) is 0 Å². The zero-order valence-corrected chi connectivity index (χ0v) is 24.9. The van der Waals surface area contributed by atoms with Crippen LogP contribution in [0.25, 0.3) is 0 Å². The van der Waals surface area contributed by atoms with Crippen LogP contribution in [0, 0.1) is 27.4 Å². The Morgan fingerprint density at radius 2 is 1.93 bits per heavy atom. The Kier molecular flexibility index (Phi) is 6.41. The van der Waals surface area contributed by atoms with Crippen LogP contribution in [0.3, 0.4) is 0 Å². The summed E-state index contributed by atoms with van der Waals surface area (Å²) in [6.45, 7) is 0. The molecule has 5 aliphatic rings. The average molecular weight is 635 g/mol. The first-order valence-corrected chi connectivity index (χ1v) is 15.2. The number of ether oxygens (including phenoxy) is 1. The zero-order chi connectivity index (χ0) is 29.2. The van der Waals surface area contributed by atoms with Crippen molar-refractivity contribution in [3.8, 4) is 11.5 Å². The molecule has 4 bridgehead atoms. The van der Waals surface area contributed by atoms with E-state index in [4.69, 9.17) is 9.84 Å². The van der Waals surface area contributed by atoms with Gasteiger partial charge in [-0.1, -0.05) is 30.3 Å². The Morgan fingerprint density at radius 3 is 2.62 bits per heavy atom. The molecule has 4 fully saturated rings. The van der Waals surface area contributed by atoms with Crippen molar-refractivity contribution in [2.24, 2.45) is 22.4 Å². The molecule has 11 heteroatoms. The minimum atomic E-state index is -0.454. The minimum Gasteiger partial charge on any atom is -0.508 e. The molecule has 218 valence electrons. The lowest BCUT2D eigenvalue weighted by atomic mass is 9.46. The Hall–Kier alpha value is -3.73. The number of phenols is 1. The molecule has 1 aliphatic heterocycles. The summed E-state index contributed by atoms with van der Waals surface area (Å²) in [5.41, 5.74) is 1.75. The van der Waals surface area contributed by atoms with Gasteiger partial charge >= 0.3 is 5.82 Å². The Labute approximate surface area is 251 Å². The van der Waals surface area contributed by atoms with E-state index in [1.54, 1.807) is 30.4 Å². The van der Waals surface area contributed by atoms with Gasteiger partial charge in [0, 0.05) is 24.0 Å². The van der Waals surface area contributed by atoms with Crippen molar-refractivity contribution in [1.82, 2.24) is 14.8 Å². The molecule has 8 rings (SSSR count). The van der Waals surface area contributed by atoms with E-state index >= 15 is 0 Å². The summed E-state index contributed by atoms with van der Waals surface area (Å²) in [6.07, 6.45) is 8.22. The average Bonchev–Trinajstić information content (AvgIpc) is 3.57. The van der Waals surface area contributed by atoms with E-state index in [1.807, 2.05) is 41.1 Å². The molecule has 0 saturated heterocycles. The molecule has 3 aromatic rings. The highest BCUT2D eigenvalue weighted by Crippen LogP contribution is 2.65. The molecule has 0 radical (unpaired) electrons. The second-order valence-electron chi connectivity index (χ2n) is 12.7. The molecular weight excluding hydrogens is 602 g/mol. The molecule has 2 heterocycles. The number of carbonyl (C=O) groups excluding carboxylic acids is 1. The van der Waals surface area contributed by atoms with Crippen LogP contribution in [0.1, 0.15) is 68.5 Å². The van der Waals surface area contributed by atoms with Crippen LogP contribution in [-0.2, 0) is 10.3 Å². The first kappa shape index (κ1) is 27.1. The fraction of sp³-hybridized carbons (Fsp3) is 0.452. The Balaban J connectivity index is 1.22. The van der Waals surface area contributed by atoms with Crippen LogP contribution in [0.5, 0.6) is 11.5 Å². The van der Waals surface area contributed by atoms with Gasteiger partial charge in [0.25, 0.3) is 0 Å². The molecule has 5 atom stereocenters. The fourth-order valence-electron chi connectivity index (χ4n) is 8.72. The predicted octanol–water partition coefficient (Wildman–Crippen LogP) is 6.33. The topological polar surface area (TPSA) is 123 Å². The number of carbonyl (C=O) groups is 1. The highest BCUT2D eigenvalue weighted by molar-refractivity contribution is 9.10. The number of hydrogen-bond acceptors (Lipinski definition) is 7. The largest absolute Gasteiger partial charge is 0.508 e. The van der Waals surface area contributed by atoms with Gasteiger partial charge in [0.2, 0.25) is 5.91 Å². The third-order valence-corrected chi connectivity index (χ3v) is 10.4. The van der Waals surface area contributed by atoms with Gasteiger partial charge in [0.05, 0.1) is 35.7 Å². The summed E-state index contributed by atoms with van der Waals surface area (Å²) < 4.78 is 7.63. The number of aromatic hydroxyl groups is 1. The summed E-state index contributed by atoms with van der Waals surface area (Å²) in [7, 11) is 1.62. The Bertz CT molecular complexity index is 1600. The molecule has 4 aliphatic carbocycles. The van der Waals surface area contributed by atoms with Gasteiger partial charge in [-0.2, -0.15) is 9.78 Å². The van der Waals surface area contributed by atoms with E-state index < -0.39 is 11.0 Å². The maximum Gasteiger partial charge on any atom is 0.404 e. The van der Waals surface area contributed by atoms with E-state index in [1.165, 1.54) is 0 Å². The number of rotatable bonds is 7. The van der Waals surface area contributed by atoms with Crippen molar-refractivity contribution in [3.05, 3.63) is 80.4 Å². The third kappa shape index (κ3) is 4.49. The van der Waals surface area contributed by atoms with Crippen molar-refractivity contribution in [3.63, 3.8) is 0 Å². The van der Waals surface area contributed by atoms with Gasteiger partial charge < -0.3 is 20.0 Å². The number of para-hydroxylation sites is 1. The number of hydrazone groups is 1. The number of benzene rings is 2. The maximum atomic E-state index is 14.3. The lowest BCUT2D eigenvalue weighted by Crippen LogP contribution is -2.57. The van der Waals surface area contributed by atoms with Crippen LogP contribution < -0.4 is 4.74 Å². The first-order valence-electron chi connectivity index (χ1n) is 14.4. The molecule has 10 nitrogen and oxygen atoms in total. The van der Waals surface area contributed by atoms with Gasteiger partial charge in [-0.05, 0) is 94.8 Å². The standard InChI is InChI=1S/C31H32BrN5O5/c1-42-22-6-4-5-21(10-22)25-11-26(23-7-2-3-8-27(23)38)36(33-25)28(39)16-30-12-19-9-20(13-30)15-31(14-19,18-30)35-17-24(32)29(34-35)37(40)41/h2-8,10,17,19-20,26,38H,9,11-16,18H2,1H3/t19-,20+,26-,30?,31?/m0/s1. The summed E-state index contributed by atoms with van der Waals surface area (Å²) in [5, 5.41) is 33.2. The highest BCUT2D eigenvalue weighted by Gasteiger charge is 2.61. The lowest BCUT2D eigenvalue weighted by Gasteiger charge is -2.61. The Morgan fingerprint density at radius 1 is 1.17 bits per heavy atom. The van der Waals surface area contributed by atoms with Crippen LogP contribution in [-0.4, -0.2) is 43.5 Å². The van der Waals surface area contributed by atoms with Crippen molar-refractivity contribution in [2.75, 3.05) is 7.11 Å². The quantitative estimate of drug-likeness (QED) is 0.239. The van der Waals surface area contributed by atoms with Crippen LogP contribution in [0.15, 0.2) is 64.3 Å². The molecule has 2 aromatic carbocycles. The van der Waals surface area contributed by atoms with E-state index in [2.05, 4.69) is 21.0 Å². The summed E-state index contributed by atoms with van der Waals surface area (Å²) in [6, 6.07) is 14.4. The molecule has 42 heavy (non-hydrogen) atoms. The molecular formula is C31H32BrN5O5. The first-order chi connectivity index (χ1) is 20.2. The van der Waals surface area contributed by atoms with Crippen molar-refractivity contribution in [2.45, 2.75) is 62.9 Å². The van der Waals surface area contributed by atoms with E-state index in [-0.39, 0.29) is 28.4 Å². The highest BCUT2D eigenvalue weighted by atomic mass is 79.9. The fourth-order valence-corrected chi connectivity index (χ4v) is 9.14. The minimum absolute atomic E-state index is 0.0640. The molecule has 1 amide bonds. The monoisotopic (exact) mass is 633 g/mol. The molecule has 4 saturated carbocycles. The predicted molar refractivity (Wildman–Crippen MR) is 158 cm³/mol. The van der Waals surface area contributed by atoms with Gasteiger partial charge in [-0.3, -0.25) is 4.79 Å². The molecule has 0 spiro atoms. The smallest absolute Gasteiger partial charge is 0.404 e. The van der Waals surface area contributed by atoms with E-state index in [9.17, 15) is 20.0 Å².